The Morgan fingerprint density at radius 1 is 1.25 bits per heavy atom. The average molecular weight is 504 g/mol. The molecule has 1 aromatic carbocycles. The zero-order chi connectivity index (χ0) is 19.1. The molecule has 0 spiro atoms. The maximum Gasteiger partial charge on any atom is 0.319 e. The van der Waals surface area contributed by atoms with Gasteiger partial charge in [-0.15, -0.1) is 24.0 Å². The lowest BCUT2D eigenvalue weighted by atomic mass is 10.0. The molecule has 1 aliphatic heterocycles. The van der Waals surface area contributed by atoms with Crippen LogP contribution in [0, 0.1) is 0 Å². The molecule has 9 heteroatoms. The lowest BCUT2D eigenvalue weighted by Gasteiger charge is -2.33. The highest BCUT2D eigenvalue weighted by atomic mass is 127. The number of hydrogen-bond donors (Lipinski definition) is 2. The number of nitrogens with zero attached hydrogens (tertiary/aromatic N) is 4. The summed E-state index contributed by atoms with van der Waals surface area (Å²) in [5, 5.41) is 6.46. The lowest BCUT2D eigenvalue weighted by Crippen LogP contribution is -2.48. The Bertz CT molecular complexity index is 729. The van der Waals surface area contributed by atoms with Gasteiger partial charge in [0.2, 0.25) is 0 Å². The van der Waals surface area contributed by atoms with Gasteiger partial charge in [0.1, 0.15) is 5.82 Å². The van der Waals surface area contributed by atoms with Crippen molar-refractivity contribution < 1.29 is 8.78 Å². The second-order valence-electron chi connectivity index (χ2n) is 6.63. The third-order valence-corrected chi connectivity index (χ3v) is 4.77. The number of benzene rings is 1. The van der Waals surface area contributed by atoms with Gasteiger partial charge >= 0.3 is 6.55 Å². The van der Waals surface area contributed by atoms with Gasteiger partial charge in [-0.2, -0.15) is 8.78 Å². The van der Waals surface area contributed by atoms with Gasteiger partial charge in [0, 0.05) is 45.1 Å². The van der Waals surface area contributed by atoms with Gasteiger partial charge in [-0.25, -0.2) is 4.98 Å². The van der Waals surface area contributed by atoms with Crippen LogP contribution in [-0.4, -0.2) is 46.6 Å². The van der Waals surface area contributed by atoms with Gasteiger partial charge in [-0.3, -0.25) is 14.5 Å². The number of guanidine groups is 1. The molecular formula is C19H27F2IN6. The second kappa shape index (κ2) is 11.3. The molecule has 2 aromatic rings. The Morgan fingerprint density at radius 2 is 1.96 bits per heavy atom. The SMILES string of the molecule is CN=C(NCc1nccn1C(F)F)NC1CCN(Cc2ccccc2)CC1.I. The van der Waals surface area contributed by atoms with Crippen molar-refractivity contribution in [2.45, 2.75) is 38.5 Å². The topological polar surface area (TPSA) is 57.5 Å². The first-order chi connectivity index (χ1) is 13.2. The second-order valence-corrected chi connectivity index (χ2v) is 6.63. The fraction of sp³-hybridized carbons (Fsp3) is 0.474. The standard InChI is InChI=1S/C19H26F2N6.HI/c1-22-19(24-13-17-23-9-12-27(17)18(20)21)25-16-7-10-26(11-8-16)14-15-5-3-2-4-6-15;/h2-6,9,12,16,18H,7-8,10-11,13-14H2,1H3,(H2,22,24,25);1H. The molecule has 1 aliphatic rings. The van der Waals surface area contributed by atoms with Gasteiger partial charge in [0.15, 0.2) is 5.96 Å². The Labute approximate surface area is 181 Å². The van der Waals surface area contributed by atoms with Crippen molar-refractivity contribution in [3.63, 3.8) is 0 Å². The summed E-state index contributed by atoms with van der Waals surface area (Å²) in [4.78, 5) is 10.6. The van der Waals surface area contributed by atoms with Crippen LogP contribution >= 0.6 is 24.0 Å². The van der Waals surface area contributed by atoms with Crippen LogP contribution in [0.25, 0.3) is 0 Å². The quantitative estimate of drug-likeness (QED) is 0.361. The highest BCUT2D eigenvalue weighted by Crippen LogP contribution is 2.14. The van der Waals surface area contributed by atoms with E-state index in [2.05, 4.69) is 49.8 Å². The number of aromatic nitrogens is 2. The molecule has 0 bridgehead atoms. The van der Waals surface area contributed by atoms with Crippen LogP contribution in [0.5, 0.6) is 0 Å². The maximum absolute atomic E-state index is 12.9. The van der Waals surface area contributed by atoms with E-state index in [9.17, 15) is 8.78 Å². The van der Waals surface area contributed by atoms with E-state index in [1.165, 1.54) is 18.0 Å². The summed E-state index contributed by atoms with van der Waals surface area (Å²) in [6.07, 6.45) is 4.68. The van der Waals surface area contributed by atoms with Crippen molar-refractivity contribution in [2.75, 3.05) is 20.1 Å². The third kappa shape index (κ3) is 6.40. The van der Waals surface area contributed by atoms with Crippen LogP contribution in [0.1, 0.15) is 30.8 Å². The first-order valence-corrected chi connectivity index (χ1v) is 9.19. The van der Waals surface area contributed by atoms with Crippen LogP contribution in [0.3, 0.4) is 0 Å². The average Bonchev–Trinajstić information content (AvgIpc) is 3.16. The van der Waals surface area contributed by atoms with Crippen LogP contribution in [0.2, 0.25) is 0 Å². The summed E-state index contributed by atoms with van der Waals surface area (Å²) in [5.74, 6) is 0.894. The van der Waals surface area contributed by atoms with Crippen molar-refractivity contribution in [3.05, 3.63) is 54.1 Å². The molecule has 1 saturated heterocycles. The Balaban J connectivity index is 0.00000280. The summed E-state index contributed by atoms with van der Waals surface area (Å²) >= 11 is 0. The van der Waals surface area contributed by atoms with E-state index in [1.807, 2.05) is 6.07 Å². The summed E-state index contributed by atoms with van der Waals surface area (Å²) in [6, 6.07) is 10.8. The summed E-state index contributed by atoms with van der Waals surface area (Å²) in [5.41, 5.74) is 1.33. The van der Waals surface area contributed by atoms with E-state index in [1.54, 1.807) is 7.05 Å². The molecule has 154 valence electrons. The number of imidazole rings is 1. The smallest absolute Gasteiger partial charge is 0.319 e. The molecule has 0 radical (unpaired) electrons. The molecule has 28 heavy (non-hydrogen) atoms. The predicted octanol–water partition coefficient (Wildman–Crippen LogP) is 3.23. The normalized spacial score (nSPS) is 16.1. The fourth-order valence-corrected chi connectivity index (χ4v) is 3.29. The Hall–Kier alpha value is -1.75. The van der Waals surface area contributed by atoms with E-state index < -0.39 is 6.55 Å². The van der Waals surface area contributed by atoms with Crippen LogP contribution in [0.4, 0.5) is 8.78 Å². The van der Waals surface area contributed by atoms with E-state index in [-0.39, 0.29) is 36.3 Å². The third-order valence-electron chi connectivity index (χ3n) is 4.77. The van der Waals surface area contributed by atoms with Crippen LogP contribution in [-0.2, 0) is 13.1 Å². The van der Waals surface area contributed by atoms with E-state index in [0.717, 1.165) is 37.0 Å². The highest BCUT2D eigenvalue weighted by molar-refractivity contribution is 14.0. The van der Waals surface area contributed by atoms with Crippen LogP contribution < -0.4 is 10.6 Å². The monoisotopic (exact) mass is 504 g/mol. The number of piperidine rings is 1. The molecule has 0 aliphatic carbocycles. The van der Waals surface area contributed by atoms with Crippen molar-refractivity contribution >= 4 is 29.9 Å². The highest BCUT2D eigenvalue weighted by Gasteiger charge is 2.20. The number of rotatable bonds is 6. The molecule has 1 aromatic heterocycles. The summed E-state index contributed by atoms with van der Waals surface area (Å²) in [6.45, 7) is 0.604. The number of aliphatic imine (C=N–C) groups is 1. The molecule has 3 rings (SSSR count). The Morgan fingerprint density at radius 3 is 2.61 bits per heavy atom. The fourth-order valence-electron chi connectivity index (χ4n) is 3.29. The summed E-state index contributed by atoms with van der Waals surface area (Å²) in [7, 11) is 1.68. The number of nitrogens with one attached hydrogen (secondary N) is 2. The van der Waals surface area contributed by atoms with E-state index >= 15 is 0 Å². The minimum absolute atomic E-state index is 0. The number of likely N-dealkylation sites (tertiary alicyclic amines) is 1. The number of hydrogen-bond acceptors (Lipinski definition) is 3. The first-order valence-electron chi connectivity index (χ1n) is 9.19. The maximum atomic E-state index is 12.9. The number of halogens is 3. The molecule has 2 N–H and O–H groups in total. The van der Waals surface area contributed by atoms with Crippen molar-refractivity contribution in [2.24, 2.45) is 4.99 Å². The lowest BCUT2D eigenvalue weighted by molar-refractivity contribution is 0.0668. The summed E-state index contributed by atoms with van der Waals surface area (Å²) < 4.78 is 26.6. The first kappa shape index (κ1) is 22.5. The van der Waals surface area contributed by atoms with E-state index in [4.69, 9.17) is 0 Å². The van der Waals surface area contributed by atoms with Crippen LogP contribution in [0.15, 0.2) is 47.7 Å². The number of alkyl halides is 2. The molecule has 2 heterocycles. The molecule has 0 amide bonds. The predicted molar refractivity (Wildman–Crippen MR) is 117 cm³/mol. The van der Waals surface area contributed by atoms with Gasteiger partial charge in [-0.05, 0) is 18.4 Å². The molecule has 0 atom stereocenters. The van der Waals surface area contributed by atoms with Crippen molar-refractivity contribution in [1.82, 2.24) is 25.1 Å². The minimum atomic E-state index is -2.59. The molecule has 6 nitrogen and oxygen atoms in total. The molecule has 0 saturated carbocycles. The molecular weight excluding hydrogens is 477 g/mol. The van der Waals surface area contributed by atoms with Crippen molar-refractivity contribution in [1.29, 1.82) is 0 Å². The molecule has 0 unspecified atom stereocenters. The van der Waals surface area contributed by atoms with Gasteiger partial charge in [0.05, 0.1) is 6.54 Å². The van der Waals surface area contributed by atoms with Crippen molar-refractivity contribution in [3.8, 4) is 0 Å². The zero-order valence-electron chi connectivity index (χ0n) is 15.9. The minimum Gasteiger partial charge on any atom is -0.354 e. The zero-order valence-corrected chi connectivity index (χ0v) is 18.2. The largest absolute Gasteiger partial charge is 0.354 e. The van der Waals surface area contributed by atoms with Gasteiger partial charge in [0.25, 0.3) is 0 Å². The molecule has 1 fully saturated rings. The van der Waals surface area contributed by atoms with Gasteiger partial charge < -0.3 is 10.6 Å². The van der Waals surface area contributed by atoms with Gasteiger partial charge in [-0.1, -0.05) is 30.3 Å². The van der Waals surface area contributed by atoms with E-state index in [0.29, 0.717) is 12.0 Å². The Kier molecular flexibility index (Phi) is 9.10.